The Morgan fingerprint density at radius 1 is 1.56 bits per heavy atom. The molecule has 0 bridgehead atoms. The first-order valence-electron chi connectivity index (χ1n) is 5.97. The number of aromatic nitrogens is 2. The standard InChI is InChI=1S/C12H19ClN2O/c1-3-9-4-6-12(16,7-5-9)11-10(13)8-14-15(11)2/h8-9,16H,3-7H2,1-2H3. The van der Waals surface area contributed by atoms with Gasteiger partial charge in [-0.05, 0) is 31.6 Å². The Balaban J connectivity index is 2.21. The Kier molecular flexibility index (Phi) is 3.27. The molecular formula is C12H19ClN2O. The van der Waals surface area contributed by atoms with Gasteiger partial charge in [-0.3, -0.25) is 4.68 Å². The summed E-state index contributed by atoms with van der Waals surface area (Å²) in [5.74, 6) is 0.757. The van der Waals surface area contributed by atoms with Crippen molar-refractivity contribution in [2.24, 2.45) is 13.0 Å². The third kappa shape index (κ3) is 1.98. The van der Waals surface area contributed by atoms with E-state index in [1.54, 1.807) is 10.9 Å². The van der Waals surface area contributed by atoms with Gasteiger partial charge >= 0.3 is 0 Å². The summed E-state index contributed by atoms with van der Waals surface area (Å²) in [6, 6.07) is 0. The number of rotatable bonds is 2. The average Bonchev–Trinajstić information content (AvgIpc) is 2.60. The maximum Gasteiger partial charge on any atom is 0.108 e. The zero-order valence-corrected chi connectivity index (χ0v) is 10.7. The van der Waals surface area contributed by atoms with E-state index in [0.29, 0.717) is 5.02 Å². The second-order valence-electron chi connectivity index (χ2n) is 4.85. The molecule has 90 valence electrons. The first kappa shape index (κ1) is 11.9. The number of hydrogen-bond donors (Lipinski definition) is 1. The minimum absolute atomic E-state index is 0.583. The van der Waals surface area contributed by atoms with Crippen molar-refractivity contribution in [2.45, 2.75) is 44.6 Å². The predicted octanol–water partition coefficient (Wildman–Crippen LogP) is 2.86. The predicted molar refractivity (Wildman–Crippen MR) is 64.4 cm³/mol. The molecule has 0 saturated heterocycles. The van der Waals surface area contributed by atoms with Crippen LogP contribution in [0.25, 0.3) is 0 Å². The van der Waals surface area contributed by atoms with Gasteiger partial charge in [0.1, 0.15) is 5.60 Å². The Morgan fingerprint density at radius 3 is 2.62 bits per heavy atom. The molecule has 1 aliphatic carbocycles. The monoisotopic (exact) mass is 242 g/mol. The Hall–Kier alpha value is -0.540. The van der Waals surface area contributed by atoms with Crippen molar-refractivity contribution in [3.63, 3.8) is 0 Å². The van der Waals surface area contributed by atoms with Crippen molar-refractivity contribution < 1.29 is 5.11 Å². The minimum Gasteiger partial charge on any atom is -0.384 e. The molecule has 1 aliphatic rings. The summed E-state index contributed by atoms with van der Waals surface area (Å²) < 4.78 is 1.70. The lowest BCUT2D eigenvalue weighted by atomic mass is 9.76. The van der Waals surface area contributed by atoms with Gasteiger partial charge in [-0.25, -0.2) is 0 Å². The summed E-state index contributed by atoms with van der Waals surface area (Å²) in [5, 5.41) is 15.3. The molecule has 0 atom stereocenters. The third-order valence-electron chi connectivity index (χ3n) is 3.84. The number of halogens is 1. The normalized spacial score (nSPS) is 30.6. The van der Waals surface area contributed by atoms with E-state index in [2.05, 4.69) is 12.0 Å². The highest BCUT2D eigenvalue weighted by atomic mass is 35.5. The molecule has 0 unspecified atom stereocenters. The Bertz CT molecular complexity index is 348. The van der Waals surface area contributed by atoms with Crippen LogP contribution in [0.15, 0.2) is 6.20 Å². The fourth-order valence-electron chi connectivity index (χ4n) is 2.73. The first-order valence-corrected chi connectivity index (χ1v) is 6.35. The van der Waals surface area contributed by atoms with Crippen LogP contribution >= 0.6 is 11.6 Å². The van der Waals surface area contributed by atoms with Crippen molar-refractivity contribution in [3.8, 4) is 0 Å². The molecule has 0 aliphatic heterocycles. The van der Waals surface area contributed by atoms with Gasteiger partial charge in [-0.1, -0.05) is 24.9 Å². The molecule has 16 heavy (non-hydrogen) atoms. The second kappa shape index (κ2) is 4.38. The highest BCUT2D eigenvalue weighted by Crippen LogP contribution is 2.42. The van der Waals surface area contributed by atoms with Gasteiger partial charge in [0.05, 0.1) is 16.9 Å². The molecule has 1 aromatic rings. The molecule has 0 spiro atoms. The maximum absolute atomic E-state index is 10.7. The molecule has 0 amide bonds. The van der Waals surface area contributed by atoms with Crippen molar-refractivity contribution in [2.75, 3.05) is 0 Å². The Labute approximate surface area is 101 Å². The zero-order chi connectivity index (χ0) is 11.8. The summed E-state index contributed by atoms with van der Waals surface area (Å²) >= 11 is 6.09. The summed E-state index contributed by atoms with van der Waals surface area (Å²) in [6.07, 6.45) is 6.56. The van der Waals surface area contributed by atoms with Gasteiger partial charge in [-0.15, -0.1) is 0 Å². The number of aliphatic hydroxyl groups is 1. The van der Waals surface area contributed by atoms with Gasteiger partial charge in [0.25, 0.3) is 0 Å². The largest absolute Gasteiger partial charge is 0.384 e. The smallest absolute Gasteiger partial charge is 0.108 e. The van der Waals surface area contributed by atoms with E-state index in [0.717, 1.165) is 37.3 Å². The van der Waals surface area contributed by atoms with Gasteiger partial charge < -0.3 is 5.11 Å². The van der Waals surface area contributed by atoms with Gasteiger partial charge in [0.2, 0.25) is 0 Å². The third-order valence-corrected chi connectivity index (χ3v) is 4.12. The lowest BCUT2D eigenvalue weighted by molar-refractivity contribution is -0.0212. The van der Waals surface area contributed by atoms with Crippen molar-refractivity contribution in [1.29, 1.82) is 0 Å². The van der Waals surface area contributed by atoms with Gasteiger partial charge in [0, 0.05) is 7.05 Å². The van der Waals surface area contributed by atoms with Crippen LogP contribution in [0.1, 0.15) is 44.7 Å². The number of aryl methyl sites for hydroxylation is 1. The van der Waals surface area contributed by atoms with Crippen LogP contribution in [0, 0.1) is 5.92 Å². The van der Waals surface area contributed by atoms with Crippen LogP contribution in [-0.2, 0) is 12.6 Å². The van der Waals surface area contributed by atoms with Crippen LogP contribution in [0.5, 0.6) is 0 Å². The molecule has 2 rings (SSSR count). The topological polar surface area (TPSA) is 38.1 Å². The minimum atomic E-state index is -0.770. The molecule has 0 aromatic carbocycles. The molecule has 1 N–H and O–H groups in total. The molecule has 4 heteroatoms. The zero-order valence-electron chi connectivity index (χ0n) is 9.91. The van der Waals surface area contributed by atoms with E-state index in [9.17, 15) is 5.11 Å². The number of hydrogen-bond acceptors (Lipinski definition) is 2. The van der Waals surface area contributed by atoms with Crippen molar-refractivity contribution >= 4 is 11.6 Å². The van der Waals surface area contributed by atoms with Gasteiger partial charge in [0.15, 0.2) is 0 Å². The molecule has 1 heterocycles. The average molecular weight is 243 g/mol. The fourth-order valence-corrected chi connectivity index (χ4v) is 3.08. The SMILES string of the molecule is CCC1CCC(O)(c2c(Cl)cnn2C)CC1. The summed E-state index contributed by atoms with van der Waals surface area (Å²) in [4.78, 5) is 0. The lowest BCUT2D eigenvalue weighted by Gasteiger charge is -2.36. The Morgan fingerprint density at radius 2 is 2.19 bits per heavy atom. The number of nitrogens with zero attached hydrogens (tertiary/aromatic N) is 2. The summed E-state index contributed by atoms with van der Waals surface area (Å²) in [6.45, 7) is 2.21. The van der Waals surface area contributed by atoms with Crippen LogP contribution < -0.4 is 0 Å². The van der Waals surface area contributed by atoms with E-state index in [1.165, 1.54) is 6.42 Å². The molecule has 1 saturated carbocycles. The van der Waals surface area contributed by atoms with Gasteiger partial charge in [-0.2, -0.15) is 5.10 Å². The highest BCUT2D eigenvalue weighted by Gasteiger charge is 2.38. The second-order valence-corrected chi connectivity index (χ2v) is 5.26. The van der Waals surface area contributed by atoms with Crippen LogP contribution in [0.3, 0.4) is 0 Å². The molecule has 1 aromatic heterocycles. The molecule has 1 fully saturated rings. The van der Waals surface area contributed by atoms with E-state index in [-0.39, 0.29) is 0 Å². The highest BCUT2D eigenvalue weighted by molar-refractivity contribution is 6.31. The van der Waals surface area contributed by atoms with Crippen molar-refractivity contribution in [1.82, 2.24) is 9.78 Å². The van der Waals surface area contributed by atoms with E-state index >= 15 is 0 Å². The quantitative estimate of drug-likeness (QED) is 0.866. The van der Waals surface area contributed by atoms with Crippen LogP contribution in [0.4, 0.5) is 0 Å². The molecule has 0 radical (unpaired) electrons. The first-order chi connectivity index (χ1) is 7.57. The summed E-state index contributed by atoms with van der Waals surface area (Å²) in [7, 11) is 1.84. The van der Waals surface area contributed by atoms with E-state index < -0.39 is 5.60 Å². The van der Waals surface area contributed by atoms with E-state index in [1.807, 2.05) is 7.05 Å². The van der Waals surface area contributed by atoms with Crippen molar-refractivity contribution in [3.05, 3.63) is 16.9 Å². The lowest BCUT2D eigenvalue weighted by Crippen LogP contribution is -2.33. The maximum atomic E-state index is 10.7. The fraction of sp³-hybridized carbons (Fsp3) is 0.750. The molecular weight excluding hydrogens is 224 g/mol. The van der Waals surface area contributed by atoms with Crippen LogP contribution in [-0.4, -0.2) is 14.9 Å². The van der Waals surface area contributed by atoms with Crippen LogP contribution in [0.2, 0.25) is 5.02 Å². The molecule has 3 nitrogen and oxygen atoms in total. The summed E-state index contributed by atoms with van der Waals surface area (Å²) in [5.41, 5.74) is 0.0114. The van der Waals surface area contributed by atoms with E-state index in [4.69, 9.17) is 11.6 Å².